The second kappa shape index (κ2) is 32.3. The highest BCUT2D eigenvalue weighted by molar-refractivity contribution is 5.76. The highest BCUT2D eigenvalue weighted by atomic mass is 16.2. The Morgan fingerprint density at radius 1 is 0.583 bits per heavy atom. The molecule has 0 heterocycles. The summed E-state index contributed by atoms with van der Waals surface area (Å²) in [7, 11) is 0. The Labute approximate surface area is 297 Å². The van der Waals surface area contributed by atoms with Crippen LogP contribution in [0.15, 0.2) is 35.5 Å². The molecule has 0 aromatic rings. The molecule has 0 spiro atoms. The number of nitrogens with one attached hydrogen (secondary N) is 2. The summed E-state index contributed by atoms with van der Waals surface area (Å²) in [5.41, 5.74) is 14.5. The van der Waals surface area contributed by atoms with Crippen molar-refractivity contribution in [1.29, 1.82) is 0 Å². The molecular weight excluding hydrogens is 592 g/mol. The van der Waals surface area contributed by atoms with Gasteiger partial charge in [0.05, 0.1) is 0 Å². The van der Waals surface area contributed by atoms with Gasteiger partial charge in [-0.1, -0.05) is 146 Å². The zero-order valence-corrected chi connectivity index (χ0v) is 31.6. The normalized spacial score (nSPS) is 16.2. The Kier molecular flexibility index (Phi) is 29.7. The molecule has 1 aliphatic carbocycles. The second-order valence-electron chi connectivity index (χ2n) is 14.2. The summed E-state index contributed by atoms with van der Waals surface area (Å²) >= 11 is 0. The average Bonchev–Trinajstić information content (AvgIpc) is 3.09. The Morgan fingerprint density at radius 2 is 1.04 bits per heavy atom. The molecule has 1 aliphatic rings. The van der Waals surface area contributed by atoms with Gasteiger partial charge in [0.1, 0.15) is 0 Å². The van der Waals surface area contributed by atoms with Gasteiger partial charge in [-0.3, -0.25) is 9.59 Å². The minimum absolute atomic E-state index is 0.137. The van der Waals surface area contributed by atoms with Crippen molar-refractivity contribution in [2.45, 2.75) is 181 Å². The first kappa shape index (κ1) is 44.1. The topological polar surface area (TPSA) is 110 Å². The van der Waals surface area contributed by atoms with Gasteiger partial charge in [-0.05, 0) is 69.6 Å². The quantitative estimate of drug-likeness (QED) is 0.0411. The maximum absolute atomic E-state index is 11.9. The third-order valence-electron chi connectivity index (χ3n) is 9.93. The Morgan fingerprint density at radius 3 is 1.60 bits per heavy atom. The average molecular weight is 671 g/mol. The lowest BCUT2D eigenvalue weighted by molar-refractivity contribution is -0.122. The van der Waals surface area contributed by atoms with Crippen LogP contribution in [0.5, 0.6) is 0 Å². The molecule has 2 amide bonds. The van der Waals surface area contributed by atoms with E-state index < -0.39 is 0 Å². The predicted molar refractivity (Wildman–Crippen MR) is 208 cm³/mol. The number of hydrogen-bond acceptors (Lipinski definition) is 4. The van der Waals surface area contributed by atoms with E-state index in [0.717, 1.165) is 32.1 Å². The van der Waals surface area contributed by atoms with Gasteiger partial charge in [0.2, 0.25) is 11.8 Å². The second-order valence-corrected chi connectivity index (χ2v) is 14.2. The first-order valence-electron chi connectivity index (χ1n) is 20.6. The van der Waals surface area contributed by atoms with E-state index in [0.29, 0.717) is 50.9 Å². The number of hydrogen-bond donors (Lipinski definition) is 4. The van der Waals surface area contributed by atoms with Crippen molar-refractivity contribution in [3.05, 3.63) is 35.5 Å². The van der Waals surface area contributed by atoms with E-state index in [1.54, 1.807) is 11.1 Å². The molecule has 0 radical (unpaired) electrons. The molecule has 48 heavy (non-hydrogen) atoms. The fourth-order valence-electron chi connectivity index (χ4n) is 7.04. The summed E-state index contributed by atoms with van der Waals surface area (Å²) in [4.78, 5) is 23.8. The molecule has 0 aliphatic heterocycles. The van der Waals surface area contributed by atoms with Crippen LogP contribution in [0.25, 0.3) is 0 Å². The number of carbonyl (C=O) groups is 2. The van der Waals surface area contributed by atoms with E-state index in [1.165, 1.54) is 122 Å². The lowest BCUT2D eigenvalue weighted by atomic mass is 9.75. The molecular formula is C42H78N4O2. The van der Waals surface area contributed by atoms with Gasteiger partial charge in [-0.2, -0.15) is 0 Å². The van der Waals surface area contributed by atoms with Crippen LogP contribution in [0.2, 0.25) is 0 Å². The highest BCUT2D eigenvalue weighted by Crippen LogP contribution is 2.39. The van der Waals surface area contributed by atoms with Crippen molar-refractivity contribution in [3.8, 4) is 0 Å². The lowest BCUT2D eigenvalue weighted by Gasteiger charge is -2.31. The van der Waals surface area contributed by atoms with Gasteiger partial charge in [0, 0.05) is 39.0 Å². The van der Waals surface area contributed by atoms with Crippen molar-refractivity contribution in [2.24, 2.45) is 23.3 Å². The molecule has 6 nitrogen and oxygen atoms in total. The van der Waals surface area contributed by atoms with Crippen LogP contribution in [0.1, 0.15) is 181 Å². The molecule has 0 saturated heterocycles. The molecule has 0 saturated carbocycles. The molecule has 0 aromatic carbocycles. The minimum Gasteiger partial charge on any atom is -0.355 e. The Bertz CT molecular complexity index is 881. The zero-order valence-electron chi connectivity index (χ0n) is 31.6. The van der Waals surface area contributed by atoms with Crippen LogP contribution < -0.4 is 22.1 Å². The molecule has 1 rings (SSSR count). The molecule has 6 N–H and O–H groups in total. The number of rotatable bonds is 33. The smallest absolute Gasteiger partial charge is 0.220 e. The summed E-state index contributed by atoms with van der Waals surface area (Å²) < 4.78 is 0. The van der Waals surface area contributed by atoms with Crippen molar-refractivity contribution in [1.82, 2.24) is 10.6 Å². The molecule has 0 fully saturated rings. The van der Waals surface area contributed by atoms with Crippen LogP contribution >= 0.6 is 0 Å². The molecule has 278 valence electrons. The zero-order chi connectivity index (χ0) is 34.9. The Balaban J connectivity index is 2.81. The number of allylic oxidation sites excluding steroid dienone is 6. The highest BCUT2D eigenvalue weighted by Gasteiger charge is 2.24. The summed E-state index contributed by atoms with van der Waals surface area (Å²) in [5, 5.41) is 5.77. The van der Waals surface area contributed by atoms with Crippen molar-refractivity contribution in [3.63, 3.8) is 0 Å². The van der Waals surface area contributed by atoms with Gasteiger partial charge in [-0.15, -0.1) is 0 Å². The van der Waals surface area contributed by atoms with Crippen LogP contribution in [-0.4, -0.2) is 38.0 Å². The van der Waals surface area contributed by atoms with E-state index in [4.69, 9.17) is 11.5 Å². The maximum atomic E-state index is 11.9. The number of amides is 2. The van der Waals surface area contributed by atoms with E-state index in [1.807, 2.05) is 0 Å². The molecule has 0 aromatic heterocycles. The summed E-state index contributed by atoms with van der Waals surface area (Å²) in [6.45, 7) is 6.76. The number of unbranched alkanes of at least 4 members (excludes halogenated alkanes) is 16. The van der Waals surface area contributed by atoms with E-state index in [-0.39, 0.29) is 11.8 Å². The number of nitrogens with two attached hydrogens (primary N) is 2. The standard InChI is InChI=1S/C42H78N4O2/c1-3-5-7-9-10-11-15-21-27-39-37(25-19-8-6-4-2)31-32-38(26-20-14-12-17-23-29-41(47)45-35-33-43)40(39)28-22-16-13-18-24-30-42(48)46-36-34-44/h15,21,31-32,37-38H,3-14,16-20,22-30,33-36,43-44H2,1-2H3,(H,45,47)(H,46,48)/b21-15-. The molecule has 2 unspecified atom stereocenters. The van der Waals surface area contributed by atoms with Crippen LogP contribution in [-0.2, 0) is 9.59 Å². The third kappa shape index (κ3) is 23.4. The molecule has 0 bridgehead atoms. The van der Waals surface area contributed by atoms with Crippen molar-refractivity contribution >= 4 is 11.8 Å². The predicted octanol–water partition coefficient (Wildman–Crippen LogP) is 9.97. The largest absolute Gasteiger partial charge is 0.355 e. The summed E-state index contributed by atoms with van der Waals surface area (Å²) in [6, 6.07) is 0. The van der Waals surface area contributed by atoms with E-state index in [2.05, 4.69) is 48.8 Å². The fourth-order valence-corrected chi connectivity index (χ4v) is 7.04. The van der Waals surface area contributed by atoms with Crippen molar-refractivity contribution < 1.29 is 9.59 Å². The van der Waals surface area contributed by atoms with Gasteiger partial charge < -0.3 is 22.1 Å². The van der Waals surface area contributed by atoms with E-state index in [9.17, 15) is 9.59 Å². The maximum Gasteiger partial charge on any atom is 0.220 e. The summed E-state index contributed by atoms with van der Waals surface area (Å²) in [6.07, 6.45) is 41.1. The van der Waals surface area contributed by atoms with Crippen molar-refractivity contribution in [2.75, 3.05) is 26.2 Å². The molecule has 2 atom stereocenters. The van der Waals surface area contributed by atoms with Gasteiger partial charge >= 0.3 is 0 Å². The summed E-state index contributed by atoms with van der Waals surface area (Å²) in [5.74, 6) is 1.44. The number of carbonyl (C=O) groups excluding carboxylic acids is 2. The van der Waals surface area contributed by atoms with E-state index >= 15 is 0 Å². The third-order valence-corrected chi connectivity index (χ3v) is 9.93. The fraction of sp³-hybridized carbons (Fsp3) is 0.810. The minimum atomic E-state index is 0.137. The van der Waals surface area contributed by atoms with Gasteiger partial charge in [0.15, 0.2) is 0 Å². The van der Waals surface area contributed by atoms with Crippen LogP contribution in [0.3, 0.4) is 0 Å². The van der Waals surface area contributed by atoms with Gasteiger partial charge in [0.25, 0.3) is 0 Å². The van der Waals surface area contributed by atoms with Crippen LogP contribution in [0.4, 0.5) is 0 Å². The monoisotopic (exact) mass is 671 g/mol. The first-order chi connectivity index (χ1) is 23.6. The molecule has 6 heteroatoms. The van der Waals surface area contributed by atoms with Crippen LogP contribution in [0, 0.1) is 11.8 Å². The Hall–Kier alpha value is -1.92. The SMILES string of the molecule is CCCCCCC/C=C\CC1=C(CCCCCCCC(=O)NCCN)C(CCCCCCCC(=O)NCCN)C=CC1CCCCCC. The first-order valence-corrected chi connectivity index (χ1v) is 20.6. The van der Waals surface area contributed by atoms with Gasteiger partial charge in [-0.25, -0.2) is 0 Å². The lowest BCUT2D eigenvalue weighted by Crippen LogP contribution is -2.28.